The topological polar surface area (TPSA) is 72.8 Å². The van der Waals surface area contributed by atoms with Gasteiger partial charge >= 0.3 is 5.69 Å². The van der Waals surface area contributed by atoms with Gasteiger partial charge in [0.15, 0.2) is 5.65 Å². The van der Waals surface area contributed by atoms with Crippen LogP contribution >= 0.6 is 0 Å². The van der Waals surface area contributed by atoms with Gasteiger partial charge in [-0.3, -0.25) is 4.57 Å². The Balaban J connectivity index is 1.93. The normalized spacial score (nSPS) is 17.6. The summed E-state index contributed by atoms with van der Waals surface area (Å²) in [5.74, 6) is 0.496. The molecule has 2 aromatic heterocycles. The predicted molar refractivity (Wildman–Crippen MR) is 61.7 cm³/mol. The van der Waals surface area contributed by atoms with Crippen LogP contribution in [-0.2, 0) is 11.3 Å². The Morgan fingerprint density at radius 2 is 2.29 bits per heavy atom. The smallest absolute Gasteiger partial charge is 0.327 e. The van der Waals surface area contributed by atoms with E-state index in [2.05, 4.69) is 15.0 Å². The molecule has 0 bridgehead atoms. The average Bonchev–Trinajstić information content (AvgIpc) is 2.68. The number of aromatic nitrogens is 4. The first-order valence-electron chi connectivity index (χ1n) is 5.81. The molecule has 1 fully saturated rings. The van der Waals surface area contributed by atoms with Crippen molar-refractivity contribution in [1.29, 1.82) is 0 Å². The van der Waals surface area contributed by atoms with Crippen LogP contribution in [0.15, 0.2) is 17.3 Å². The van der Waals surface area contributed by atoms with Crippen molar-refractivity contribution in [2.24, 2.45) is 5.92 Å². The van der Waals surface area contributed by atoms with Gasteiger partial charge in [-0.25, -0.2) is 14.8 Å². The molecule has 3 heterocycles. The first-order chi connectivity index (χ1) is 8.34. The SMILES string of the molecule is O=c1[nH]c2cncnc2n1CC1CCOCC1. The number of nitrogens with one attached hydrogen (secondary N) is 1. The Bertz CT molecular complexity index is 568. The van der Waals surface area contributed by atoms with E-state index in [0.29, 0.717) is 23.6 Å². The molecule has 6 heteroatoms. The minimum Gasteiger partial charge on any atom is -0.381 e. The van der Waals surface area contributed by atoms with Crippen LogP contribution in [0.3, 0.4) is 0 Å². The fourth-order valence-corrected chi connectivity index (χ4v) is 2.26. The lowest BCUT2D eigenvalue weighted by molar-refractivity contribution is 0.0613. The van der Waals surface area contributed by atoms with E-state index in [1.807, 2.05) is 0 Å². The summed E-state index contributed by atoms with van der Waals surface area (Å²) in [6.07, 6.45) is 5.11. The quantitative estimate of drug-likeness (QED) is 0.823. The van der Waals surface area contributed by atoms with Crippen LogP contribution in [0.4, 0.5) is 0 Å². The van der Waals surface area contributed by atoms with Crippen molar-refractivity contribution >= 4 is 11.2 Å². The van der Waals surface area contributed by atoms with Crippen molar-refractivity contribution < 1.29 is 4.74 Å². The largest absolute Gasteiger partial charge is 0.381 e. The Kier molecular flexibility index (Phi) is 2.64. The highest BCUT2D eigenvalue weighted by molar-refractivity contribution is 5.68. The summed E-state index contributed by atoms with van der Waals surface area (Å²) < 4.78 is 7.02. The van der Waals surface area contributed by atoms with E-state index in [9.17, 15) is 4.79 Å². The average molecular weight is 234 g/mol. The molecule has 6 nitrogen and oxygen atoms in total. The molecule has 0 aromatic carbocycles. The van der Waals surface area contributed by atoms with Gasteiger partial charge in [-0.2, -0.15) is 0 Å². The van der Waals surface area contributed by atoms with Gasteiger partial charge in [-0.15, -0.1) is 0 Å². The van der Waals surface area contributed by atoms with Crippen LogP contribution in [0.5, 0.6) is 0 Å². The number of hydrogen-bond acceptors (Lipinski definition) is 4. The van der Waals surface area contributed by atoms with Crippen molar-refractivity contribution in [2.45, 2.75) is 19.4 Å². The molecule has 0 spiro atoms. The van der Waals surface area contributed by atoms with Crippen molar-refractivity contribution in [3.05, 3.63) is 23.0 Å². The number of fused-ring (bicyclic) bond motifs is 1. The molecule has 1 N–H and O–H groups in total. The number of hydrogen-bond donors (Lipinski definition) is 1. The van der Waals surface area contributed by atoms with Crippen molar-refractivity contribution in [3.63, 3.8) is 0 Å². The second-order valence-electron chi connectivity index (χ2n) is 4.36. The van der Waals surface area contributed by atoms with Crippen molar-refractivity contribution in [2.75, 3.05) is 13.2 Å². The second-order valence-corrected chi connectivity index (χ2v) is 4.36. The monoisotopic (exact) mass is 234 g/mol. The van der Waals surface area contributed by atoms with E-state index in [-0.39, 0.29) is 5.69 Å². The van der Waals surface area contributed by atoms with Gasteiger partial charge in [0.1, 0.15) is 11.8 Å². The maximum atomic E-state index is 11.8. The zero-order valence-electron chi connectivity index (χ0n) is 9.43. The molecular weight excluding hydrogens is 220 g/mol. The molecule has 90 valence electrons. The highest BCUT2D eigenvalue weighted by atomic mass is 16.5. The van der Waals surface area contributed by atoms with E-state index in [0.717, 1.165) is 26.1 Å². The number of rotatable bonds is 2. The molecule has 0 saturated carbocycles. The number of H-pyrrole nitrogens is 1. The molecule has 2 aromatic rings. The first-order valence-corrected chi connectivity index (χ1v) is 5.81. The summed E-state index contributed by atoms with van der Waals surface area (Å²) in [6, 6.07) is 0. The molecule has 1 saturated heterocycles. The third-order valence-electron chi connectivity index (χ3n) is 3.22. The molecule has 0 atom stereocenters. The van der Waals surface area contributed by atoms with Crippen LogP contribution in [0, 0.1) is 5.92 Å². The van der Waals surface area contributed by atoms with E-state index in [4.69, 9.17) is 4.74 Å². The molecule has 0 radical (unpaired) electrons. The molecule has 0 unspecified atom stereocenters. The Morgan fingerprint density at radius 3 is 3.12 bits per heavy atom. The molecule has 1 aliphatic heterocycles. The fourth-order valence-electron chi connectivity index (χ4n) is 2.26. The summed E-state index contributed by atoms with van der Waals surface area (Å²) >= 11 is 0. The van der Waals surface area contributed by atoms with Crippen LogP contribution in [-0.4, -0.2) is 32.7 Å². The molecular formula is C11H14N4O2. The third kappa shape index (κ3) is 1.95. The summed E-state index contributed by atoms with van der Waals surface area (Å²) in [5, 5.41) is 0. The highest BCUT2D eigenvalue weighted by Gasteiger charge is 2.17. The predicted octanol–water partition coefficient (Wildman–Crippen LogP) is 0.546. The van der Waals surface area contributed by atoms with Crippen molar-refractivity contribution in [1.82, 2.24) is 19.5 Å². The molecule has 1 aliphatic rings. The zero-order valence-corrected chi connectivity index (χ0v) is 9.43. The van der Waals surface area contributed by atoms with E-state index < -0.39 is 0 Å². The van der Waals surface area contributed by atoms with Crippen molar-refractivity contribution in [3.8, 4) is 0 Å². The number of aromatic amines is 1. The minimum atomic E-state index is -0.105. The van der Waals surface area contributed by atoms with Crippen LogP contribution in [0.25, 0.3) is 11.2 Å². The standard InChI is InChI=1S/C11H14N4O2/c16-11-14-9-5-12-7-13-10(9)15(11)6-8-1-3-17-4-2-8/h5,7-8H,1-4,6H2,(H,14,16). The fraction of sp³-hybridized carbons (Fsp3) is 0.545. The maximum Gasteiger partial charge on any atom is 0.327 e. The van der Waals surface area contributed by atoms with E-state index >= 15 is 0 Å². The highest BCUT2D eigenvalue weighted by Crippen LogP contribution is 2.17. The van der Waals surface area contributed by atoms with Gasteiger partial charge < -0.3 is 9.72 Å². The first kappa shape index (κ1) is 10.5. The number of imidazole rings is 1. The summed E-state index contributed by atoms with van der Waals surface area (Å²) in [5.41, 5.74) is 1.29. The van der Waals surface area contributed by atoms with Gasteiger partial charge in [-0.05, 0) is 18.8 Å². The maximum absolute atomic E-state index is 11.8. The Labute approximate surface area is 97.7 Å². The van der Waals surface area contributed by atoms with E-state index in [1.165, 1.54) is 6.33 Å². The third-order valence-corrected chi connectivity index (χ3v) is 3.22. The van der Waals surface area contributed by atoms with Gasteiger partial charge in [0.2, 0.25) is 0 Å². The molecule has 0 aliphatic carbocycles. The lowest BCUT2D eigenvalue weighted by Gasteiger charge is -2.21. The lowest BCUT2D eigenvalue weighted by atomic mass is 10.0. The summed E-state index contributed by atoms with van der Waals surface area (Å²) in [7, 11) is 0. The van der Waals surface area contributed by atoms with Gasteiger partial charge in [-0.1, -0.05) is 0 Å². The van der Waals surface area contributed by atoms with Gasteiger partial charge in [0, 0.05) is 19.8 Å². The lowest BCUT2D eigenvalue weighted by Crippen LogP contribution is -2.26. The second kappa shape index (κ2) is 4.29. The molecule has 17 heavy (non-hydrogen) atoms. The van der Waals surface area contributed by atoms with Gasteiger partial charge in [0.25, 0.3) is 0 Å². The molecule has 0 amide bonds. The van der Waals surface area contributed by atoms with Crippen LogP contribution in [0.1, 0.15) is 12.8 Å². The Hall–Kier alpha value is -1.69. The van der Waals surface area contributed by atoms with Crippen LogP contribution < -0.4 is 5.69 Å². The zero-order chi connectivity index (χ0) is 11.7. The number of ether oxygens (including phenoxy) is 1. The van der Waals surface area contributed by atoms with Crippen LogP contribution in [0.2, 0.25) is 0 Å². The minimum absolute atomic E-state index is 0.105. The van der Waals surface area contributed by atoms with Gasteiger partial charge in [0.05, 0.1) is 6.20 Å². The number of nitrogens with zero attached hydrogens (tertiary/aromatic N) is 3. The Morgan fingerprint density at radius 1 is 1.47 bits per heavy atom. The summed E-state index contributed by atoms with van der Waals surface area (Å²) in [4.78, 5) is 22.6. The molecule has 3 rings (SSSR count). The summed E-state index contributed by atoms with van der Waals surface area (Å²) in [6.45, 7) is 2.28. The van der Waals surface area contributed by atoms with E-state index in [1.54, 1.807) is 10.8 Å².